The molecule has 2 nitrogen and oxygen atoms in total. The molecule has 0 radical (unpaired) electrons. The maximum Gasteiger partial charge on any atom is 0.0595 e. The SMILES string of the molecule is CC(C)CCC(NN)c1ccc(Cl)c(Cl)c1. The van der Waals surface area contributed by atoms with Crippen molar-refractivity contribution in [1.29, 1.82) is 0 Å². The molecule has 0 fully saturated rings. The molecular formula is C12H18Cl2N2. The molecule has 0 heterocycles. The van der Waals surface area contributed by atoms with E-state index < -0.39 is 0 Å². The summed E-state index contributed by atoms with van der Waals surface area (Å²) in [4.78, 5) is 0. The minimum Gasteiger partial charge on any atom is -0.271 e. The topological polar surface area (TPSA) is 38.0 Å². The maximum atomic E-state index is 5.98. The lowest BCUT2D eigenvalue weighted by molar-refractivity contribution is 0.448. The van der Waals surface area contributed by atoms with Gasteiger partial charge in [0, 0.05) is 6.04 Å². The van der Waals surface area contributed by atoms with Crippen LogP contribution in [0.3, 0.4) is 0 Å². The number of benzene rings is 1. The number of nitrogens with one attached hydrogen (secondary N) is 1. The lowest BCUT2D eigenvalue weighted by Gasteiger charge is -2.17. The second-order valence-electron chi connectivity index (χ2n) is 4.36. The van der Waals surface area contributed by atoms with Gasteiger partial charge in [0.05, 0.1) is 10.0 Å². The molecule has 3 N–H and O–H groups in total. The summed E-state index contributed by atoms with van der Waals surface area (Å²) in [5.41, 5.74) is 3.90. The molecule has 4 heteroatoms. The predicted octanol–water partition coefficient (Wildman–Crippen LogP) is 3.93. The van der Waals surface area contributed by atoms with Gasteiger partial charge in [0.25, 0.3) is 0 Å². The van der Waals surface area contributed by atoms with E-state index in [9.17, 15) is 0 Å². The number of hydrogen-bond acceptors (Lipinski definition) is 2. The van der Waals surface area contributed by atoms with Crippen molar-refractivity contribution in [3.8, 4) is 0 Å². The highest BCUT2D eigenvalue weighted by Crippen LogP contribution is 2.27. The van der Waals surface area contributed by atoms with Gasteiger partial charge >= 0.3 is 0 Å². The van der Waals surface area contributed by atoms with Crippen LogP contribution in [-0.4, -0.2) is 0 Å². The molecule has 1 aromatic carbocycles. The largest absolute Gasteiger partial charge is 0.271 e. The Labute approximate surface area is 107 Å². The molecule has 0 aromatic heterocycles. The van der Waals surface area contributed by atoms with Crippen LogP contribution in [0.2, 0.25) is 10.0 Å². The van der Waals surface area contributed by atoms with Crippen molar-refractivity contribution in [3.05, 3.63) is 33.8 Å². The van der Waals surface area contributed by atoms with E-state index in [0.29, 0.717) is 16.0 Å². The maximum absolute atomic E-state index is 5.98. The number of rotatable bonds is 5. The van der Waals surface area contributed by atoms with Crippen LogP contribution in [0.1, 0.15) is 38.3 Å². The Morgan fingerprint density at radius 3 is 2.38 bits per heavy atom. The first kappa shape index (κ1) is 13.8. The third-order valence-electron chi connectivity index (χ3n) is 2.58. The van der Waals surface area contributed by atoms with Crippen molar-refractivity contribution in [3.63, 3.8) is 0 Å². The summed E-state index contributed by atoms with van der Waals surface area (Å²) in [5.74, 6) is 6.22. The number of hydrogen-bond donors (Lipinski definition) is 2. The lowest BCUT2D eigenvalue weighted by atomic mass is 9.98. The summed E-state index contributed by atoms with van der Waals surface area (Å²) in [6.45, 7) is 4.39. The molecule has 0 bridgehead atoms. The van der Waals surface area contributed by atoms with Gasteiger partial charge in [-0.25, -0.2) is 0 Å². The van der Waals surface area contributed by atoms with Gasteiger partial charge in [-0.05, 0) is 36.5 Å². The fourth-order valence-corrected chi connectivity index (χ4v) is 1.88. The molecule has 1 rings (SSSR count). The lowest BCUT2D eigenvalue weighted by Crippen LogP contribution is -2.28. The highest BCUT2D eigenvalue weighted by Gasteiger charge is 2.11. The molecule has 0 aliphatic carbocycles. The van der Waals surface area contributed by atoms with Crippen molar-refractivity contribution in [2.45, 2.75) is 32.7 Å². The van der Waals surface area contributed by atoms with Crippen LogP contribution in [0.15, 0.2) is 18.2 Å². The normalized spacial score (nSPS) is 13.1. The Hall–Kier alpha value is -0.280. The van der Waals surface area contributed by atoms with Crippen LogP contribution in [0.4, 0.5) is 0 Å². The van der Waals surface area contributed by atoms with E-state index in [1.165, 1.54) is 0 Å². The van der Waals surface area contributed by atoms with E-state index in [0.717, 1.165) is 18.4 Å². The van der Waals surface area contributed by atoms with E-state index in [-0.39, 0.29) is 6.04 Å². The number of nitrogens with two attached hydrogens (primary N) is 1. The summed E-state index contributed by atoms with van der Waals surface area (Å²) in [6.07, 6.45) is 2.11. The zero-order chi connectivity index (χ0) is 12.1. The third-order valence-corrected chi connectivity index (χ3v) is 3.32. The predicted molar refractivity (Wildman–Crippen MR) is 70.6 cm³/mol. The summed E-state index contributed by atoms with van der Waals surface area (Å²) >= 11 is 11.8. The fraction of sp³-hybridized carbons (Fsp3) is 0.500. The quantitative estimate of drug-likeness (QED) is 0.622. The summed E-state index contributed by atoms with van der Waals surface area (Å²) in [6, 6.07) is 5.77. The van der Waals surface area contributed by atoms with Crippen molar-refractivity contribution in [2.24, 2.45) is 11.8 Å². The van der Waals surface area contributed by atoms with E-state index in [4.69, 9.17) is 29.0 Å². The molecule has 0 saturated carbocycles. The second-order valence-corrected chi connectivity index (χ2v) is 5.18. The molecule has 90 valence electrons. The fourth-order valence-electron chi connectivity index (χ4n) is 1.58. The first-order valence-corrected chi connectivity index (χ1v) is 6.21. The minimum atomic E-state index is 0.136. The summed E-state index contributed by atoms with van der Waals surface area (Å²) < 4.78 is 0. The van der Waals surface area contributed by atoms with Crippen molar-refractivity contribution in [1.82, 2.24) is 5.43 Å². The Balaban J connectivity index is 2.74. The van der Waals surface area contributed by atoms with Gasteiger partial charge < -0.3 is 0 Å². The molecule has 1 unspecified atom stereocenters. The number of hydrazine groups is 1. The second kappa shape index (κ2) is 6.45. The molecule has 0 spiro atoms. The van der Waals surface area contributed by atoms with E-state index in [1.807, 2.05) is 12.1 Å². The van der Waals surface area contributed by atoms with Gasteiger partial charge in [0.15, 0.2) is 0 Å². The molecular weight excluding hydrogens is 243 g/mol. The van der Waals surface area contributed by atoms with Crippen LogP contribution in [0, 0.1) is 5.92 Å². The van der Waals surface area contributed by atoms with Gasteiger partial charge in [0.1, 0.15) is 0 Å². The monoisotopic (exact) mass is 260 g/mol. The van der Waals surface area contributed by atoms with Crippen LogP contribution in [0.5, 0.6) is 0 Å². The van der Waals surface area contributed by atoms with Gasteiger partial charge in [0.2, 0.25) is 0 Å². The van der Waals surface area contributed by atoms with Gasteiger partial charge in [-0.3, -0.25) is 11.3 Å². The first-order valence-electron chi connectivity index (χ1n) is 5.45. The summed E-state index contributed by atoms with van der Waals surface area (Å²) in [5, 5.41) is 1.15. The summed E-state index contributed by atoms with van der Waals surface area (Å²) in [7, 11) is 0. The third kappa shape index (κ3) is 3.95. The Morgan fingerprint density at radius 1 is 1.19 bits per heavy atom. The van der Waals surface area contributed by atoms with Crippen LogP contribution in [0.25, 0.3) is 0 Å². The number of halogens is 2. The molecule has 1 atom stereocenters. The standard InChI is InChI=1S/C12H18Cl2N2/c1-8(2)3-6-12(16-15)9-4-5-10(13)11(14)7-9/h4-5,7-8,12,16H,3,6,15H2,1-2H3. The molecule has 1 aromatic rings. The average molecular weight is 261 g/mol. The highest BCUT2D eigenvalue weighted by atomic mass is 35.5. The van der Waals surface area contributed by atoms with Gasteiger partial charge in [-0.1, -0.05) is 43.1 Å². The Bertz CT molecular complexity index is 340. The smallest absolute Gasteiger partial charge is 0.0595 e. The van der Waals surface area contributed by atoms with Crippen LogP contribution < -0.4 is 11.3 Å². The van der Waals surface area contributed by atoms with E-state index in [1.54, 1.807) is 6.07 Å². The van der Waals surface area contributed by atoms with Crippen molar-refractivity contribution >= 4 is 23.2 Å². The molecule has 16 heavy (non-hydrogen) atoms. The Kier molecular flexibility index (Phi) is 5.56. The van der Waals surface area contributed by atoms with Crippen molar-refractivity contribution in [2.75, 3.05) is 0 Å². The van der Waals surface area contributed by atoms with Crippen molar-refractivity contribution < 1.29 is 0 Å². The van der Waals surface area contributed by atoms with Crippen LogP contribution >= 0.6 is 23.2 Å². The van der Waals surface area contributed by atoms with Crippen LogP contribution in [-0.2, 0) is 0 Å². The highest BCUT2D eigenvalue weighted by molar-refractivity contribution is 6.42. The van der Waals surface area contributed by atoms with E-state index >= 15 is 0 Å². The molecule has 0 saturated heterocycles. The zero-order valence-electron chi connectivity index (χ0n) is 9.63. The van der Waals surface area contributed by atoms with E-state index in [2.05, 4.69) is 19.3 Å². The van der Waals surface area contributed by atoms with Gasteiger partial charge in [-0.2, -0.15) is 0 Å². The van der Waals surface area contributed by atoms with Gasteiger partial charge in [-0.15, -0.1) is 0 Å². The molecule has 0 aliphatic heterocycles. The minimum absolute atomic E-state index is 0.136. The first-order chi connectivity index (χ1) is 7.54. The molecule has 0 aliphatic rings. The zero-order valence-corrected chi connectivity index (χ0v) is 11.1. The average Bonchev–Trinajstić information content (AvgIpc) is 2.23. The Morgan fingerprint density at radius 2 is 1.88 bits per heavy atom. The molecule has 0 amide bonds.